The molecule has 0 bridgehead atoms. The first kappa shape index (κ1) is 16.8. The van der Waals surface area contributed by atoms with Gasteiger partial charge in [0.1, 0.15) is 16.9 Å². The van der Waals surface area contributed by atoms with Gasteiger partial charge in [-0.3, -0.25) is 4.79 Å². The van der Waals surface area contributed by atoms with Crippen LogP contribution < -0.4 is 10.1 Å². The summed E-state index contributed by atoms with van der Waals surface area (Å²) in [5, 5.41) is 4.07. The van der Waals surface area contributed by atoms with Crippen LogP contribution in [-0.2, 0) is 11.2 Å². The van der Waals surface area contributed by atoms with Crippen molar-refractivity contribution in [2.45, 2.75) is 39.2 Å². The van der Waals surface area contributed by atoms with Gasteiger partial charge in [-0.05, 0) is 49.1 Å². The van der Waals surface area contributed by atoms with Crippen LogP contribution in [0.25, 0.3) is 20.8 Å². The Bertz CT molecular complexity index is 1020. The predicted molar refractivity (Wildman–Crippen MR) is 108 cm³/mol. The molecule has 0 radical (unpaired) electrons. The van der Waals surface area contributed by atoms with E-state index < -0.39 is 0 Å². The Morgan fingerprint density at radius 3 is 2.93 bits per heavy atom. The molecule has 0 spiro atoms. The highest BCUT2D eigenvalue weighted by atomic mass is 32.1. The molecule has 0 saturated heterocycles. The fourth-order valence-corrected chi connectivity index (χ4v) is 4.67. The minimum Gasteiger partial charge on any atom is -0.487 e. The molecule has 1 amide bonds. The normalized spacial score (nSPS) is 19.6. The second-order valence-electron chi connectivity index (χ2n) is 8.00. The molecule has 1 saturated carbocycles. The van der Waals surface area contributed by atoms with Gasteiger partial charge in [0.25, 0.3) is 0 Å². The van der Waals surface area contributed by atoms with Crippen LogP contribution in [0.3, 0.4) is 0 Å². The van der Waals surface area contributed by atoms with Crippen molar-refractivity contribution in [3.8, 4) is 16.3 Å². The van der Waals surface area contributed by atoms with Gasteiger partial charge in [-0.15, -0.1) is 11.3 Å². The van der Waals surface area contributed by atoms with E-state index in [9.17, 15) is 4.79 Å². The van der Waals surface area contributed by atoms with Gasteiger partial charge >= 0.3 is 0 Å². The van der Waals surface area contributed by atoms with E-state index in [1.807, 2.05) is 25.1 Å². The lowest BCUT2D eigenvalue weighted by Crippen LogP contribution is -2.38. The van der Waals surface area contributed by atoms with E-state index in [2.05, 4.69) is 30.4 Å². The maximum Gasteiger partial charge on any atom is 0.226 e. The Hall–Kier alpha value is -2.40. The second-order valence-corrected chi connectivity index (χ2v) is 9.03. The molecule has 4 nitrogen and oxygen atoms in total. The Morgan fingerprint density at radius 2 is 2.15 bits per heavy atom. The van der Waals surface area contributed by atoms with Crippen LogP contribution >= 0.6 is 11.3 Å². The van der Waals surface area contributed by atoms with Crippen LogP contribution in [0.1, 0.15) is 30.9 Å². The highest BCUT2D eigenvalue weighted by Crippen LogP contribution is 2.45. The number of amides is 1. The monoisotopic (exact) mass is 378 g/mol. The number of rotatable bonds is 4. The first-order chi connectivity index (χ1) is 13.0. The topological polar surface area (TPSA) is 51.2 Å². The molecular weight excluding hydrogens is 356 g/mol. The van der Waals surface area contributed by atoms with Gasteiger partial charge in [0.15, 0.2) is 0 Å². The number of nitrogens with one attached hydrogen (secondary N) is 1. The molecule has 1 atom stereocenters. The number of thiazole rings is 1. The Morgan fingerprint density at radius 1 is 1.33 bits per heavy atom. The van der Waals surface area contributed by atoms with E-state index in [0.717, 1.165) is 41.1 Å². The van der Waals surface area contributed by atoms with Crippen LogP contribution in [0.5, 0.6) is 5.75 Å². The number of aromatic nitrogens is 1. The summed E-state index contributed by atoms with van der Waals surface area (Å²) < 4.78 is 7.46. The average molecular weight is 378 g/mol. The zero-order valence-corrected chi connectivity index (χ0v) is 16.4. The molecule has 1 aliphatic carbocycles. The number of aryl methyl sites for hydroxylation is 1. The van der Waals surface area contributed by atoms with Crippen LogP contribution in [-0.4, -0.2) is 23.5 Å². The molecule has 1 fully saturated rings. The summed E-state index contributed by atoms with van der Waals surface area (Å²) in [6, 6.07) is 12.6. The molecule has 27 heavy (non-hydrogen) atoms. The minimum atomic E-state index is -0.145. The number of carbonyl (C=O) groups is 1. The molecule has 2 aromatic carbocycles. The van der Waals surface area contributed by atoms with Crippen LogP contribution in [0, 0.1) is 12.3 Å². The summed E-state index contributed by atoms with van der Waals surface area (Å²) in [5.74, 6) is 1.08. The lowest BCUT2D eigenvalue weighted by molar-refractivity contribution is -0.126. The van der Waals surface area contributed by atoms with Gasteiger partial charge in [-0.25, -0.2) is 4.98 Å². The fourth-order valence-electron chi connectivity index (χ4n) is 3.69. The maximum absolute atomic E-state index is 12.2. The third kappa shape index (κ3) is 3.00. The highest BCUT2D eigenvalue weighted by molar-refractivity contribution is 7.21. The van der Waals surface area contributed by atoms with Gasteiger partial charge in [0.2, 0.25) is 5.91 Å². The van der Waals surface area contributed by atoms with Crippen molar-refractivity contribution in [3.05, 3.63) is 47.5 Å². The van der Waals surface area contributed by atoms with Gasteiger partial charge in [-0.1, -0.05) is 25.1 Å². The summed E-state index contributed by atoms with van der Waals surface area (Å²) in [6.45, 7) is 4.70. The van der Waals surface area contributed by atoms with E-state index >= 15 is 0 Å². The van der Waals surface area contributed by atoms with Crippen LogP contribution in [0.4, 0.5) is 0 Å². The number of nitrogens with zero attached hydrogens (tertiary/aromatic N) is 1. The van der Waals surface area contributed by atoms with Crippen LogP contribution in [0.2, 0.25) is 0 Å². The van der Waals surface area contributed by atoms with Crippen molar-refractivity contribution in [1.82, 2.24) is 10.3 Å². The van der Waals surface area contributed by atoms with E-state index in [0.29, 0.717) is 6.54 Å². The number of benzene rings is 2. The molecule has 2 heterocycles. The number of hydrogen-bond donors (Lipinski definition) is 1. The SMILES string of the molecule is Cc1cc2c(c(-c3nc4ccccc4s3)c1)O[C@@H](CNC(=O)C1(C)CC1)C2. The number of carbonyl (C=O) groups excluding carboxylic acids is 1. The first-order valence-corrected chi connectivity index (χ1v) is 10.3. The number of para-hydroxylation sites is 1. The van der Waals surface area contributed by atoms with E-state index in [-0.39, 0.29) is 17.4 Å². The van der Waals surface area contributed by atoms with E-state index in [1.54, 1.807) is 11.3 Å². The average Bonchev–Trinajstić information content (AvgIpc) is 3.09. The van der Waals surface area contributed by atoms with Crippen molar-refractivity contribution >= 4 is 27.5 Å². The molecule has 0 unspecified atom stereocenters. The Labute approximate surface area is 162 Å². The zero-order chi connectivity index (χ0) is 18.6. The summed E-state index contributed by atoms with van der Waals surface area (Å²) in [6.07, 6.45) is 2.80. The summed E-state index contributed by atoms with van der Waals surface area (Å²) >= 11 is 1.70. The van der Waals surface area contributed by atoms with Gasteiger partial charge in [0, 0.05) is 11.8 Å². The second kappa shape index (κ2) is 6.06. The Kier molecular flexibility index (Phi) is 3.76. The Balaban J connectivity index is 1.41. The standard InChI is InChI=1S/C22H22N2O2S/c1-13-9-14-11-15(12-23-21(25)22(2)7-8-22)26-19(14)16(10-13)20-24-17-5-3-4-6-18(17)27-20/h3-6,9-10,15H,7-8,11-12H2,1-2H3,(H,23,25)/t15-/m1/s1. The smallest absolute Gasteiger partial charge is 0.226 e. The van der Waals surface area contributed by atoms with Crippen molar-refractivity contribution in [2.24, 2.45) is 5.41 Å². The lowest BCUT2D eigenvalue weighted by Gasteiger charge is -2.15. The third-order valence-electron chi connectivity index (χ3n) is 5.61. The molecule has 1 aromatic heterocycles. The van der Waals surface area contributed by atoms with Gasteiger partial charge in [-0.2, -0.15) is 0 Å². The zero-order valence-electron chi connectivity index (χ0n) is 15.5. The minimum absolute atomic E-state index is 0.0128. The highest BCUT2D eigenvalue weighted by Gasteiger charge is 2.45. The summed E-state index contributed by atoms with van der Waals surface area (Å²) in [7, 11) is 0. The van der Waals surface area contributed by atoms with Gasteiger partial charge in [0.05, 0.1) is 22.3 Å². The summed E-state index contributed by atoms with van der Waals surface area (Å²) in [5.41, 5.74) is 4.36. The third-order valence-corrected chi connectivity index (χ3v) is 6.67. The quantitative estimate of drug-likeness (QED) is 0.728. The van der Waals surface area contributed by atoms with Crippen LogP contribution in [0.15, 0.2) is 36.4 Å². The van der Waals surface area contributed by atoms with Gasteiger partial charge < -0.3 is 10.1 Å². The maximum atomic E-state index is 12.2. The predicted octanol–water partition coefficient (Wildman–Crippen LogP) is 4.49. The molecule has 1 N–H and O–H groups in total. The molecule has 5 rings (SSSR count). The van der Waals surface area contributed by atoms with E-state index in [4.69, 9.17) is 9.72 Å². The number of hydrogen-bond acceptors (Lipinski definition) is 4. The lowest BCUT2D eigenvalue weighted by atomic mass is 10.0. The molecule has 5 heteroatoms. The largest absolute Gasteiger partial charge is 0.487 e. The van der Waals surface area contributed by atoms with Crippen molar-refractivity contribution < 1.29 is 9.53 Å². The molecule has 2 aliphatic rings. The number of fused-ring (bicyclic) bond motifs is 2. The summed E-state index contributed by atoms with van der Waals surface area (Å²) in [4.78, 5) is 17.0. The molecule has 3 aromatic rings. The molecule has 1 aliphatic heterocycles. The van der Waals surface area contributed by atoms with Crippen molar-refractivity contribution in [1.29, 1.82) is 0 Å². The van der Waals surface area contributed by atoms with Crippen molar-refractivity contribution in [3.63, 3.8) is 0 Å². The van der Waals surface area contributed by atoms with Crippen molar-refractivity contribution in [2.75, 3.05) is 6.54 Å². The first-order valence-electron chi connectivity index (χ1n) is 9.46. The molecular formula is C22H22N2O2S. The fraction of sp³-hybridized carbons (Fsp3) is 0.364. The van der Waals surface area contributed by atoms with E-state index in [1.165, 1.54) is 15.8 Å². The number of ether oxygens (including phenoxy) is 1. The molecule has 138 valence electrons.